The Morgan fingerprint density at radius 1 is 1.42 bits per heavy atom. The zero-order valence-electron chi connectivity index (χ0n) is 14.5. The molecule has 0 saturated carbocycles. The van der Waals surface area contributed by atoms with E-state index in [4.69, 9.17) is 9.47 Å². The summed E-state index contributed by atoms with van der Waals surface area (Å²) >= 11 is 0. The molecule has 2 aromatic rings. The maximum absolute atomic E-state index is 6.22. The Kier molecular flexibility index (Phi) is 3.81. The molecule has 1 N–H and O–H groups in total. The van der Waals surface area contributed by atoms with Gasteiger partial charge in [0.2, 0.25) is 0 Å². The van der Waals surface area contributed by atoms with Crippen LogP contribution in [0.2, 0.25) is 0 Å². The number of aromatic amines is 1. The molecule has 0 spiro atoms. The minimum absolute atomic E-state index is 0.122. The van der Waals surface area contributed by atoms with Crippen LogP contribution < -0.4 is 4.74 Å². The highest BCUT2D eigenvalue weighted by Crippen LogP contribution is 2.40. The molecule has 2 atom stereocenters. The average molecular weight is 328 g/mol. The lowest BCUT2D eigenvalue weighted by Gasteiger charge is -2.24. The molecule has 0 unspecified atom stereocenters. The molecule has 4 rings (SSSR count). The molecule has 128 valence electrons. The summed E-state index contributed by atoms with van der Waals surface area (Å²) in [6, 6.07) is 6.66. The van der Waals surface area contributed by atoms with E-state index in [1.807, 2.05) is 0 Å². The smallest absolute Gasteiger partial charge is 0.141 e. The Balaban J connectivity index is 1.60. The molecular formula is C18H24N4O2. The summed E-state index contributed by atoms with van der Waals surface area (Å²) in [5.41, 5.74) is 2.42. The number of fused-ring (bicyclic) bond motifs is 1. The zero-order valence-corrected chi connectivity index (χ0v) is 14.5. The number of H-pyrrole nitrogens is 1. The molecular weight excluding hydrogens is 304 g/mol. The Hall–Kier alpha value is -1.92. The van der Waals surface area contributed by atoms with Gasteiger partial charge in [-0.1, -0.05) is 18.2 Å². The second-order valence-corrected chi connectivity index (χ2v) is 7.35. The lowest BCUT2D eigenvalue weighted by Crippen LogP contribution is -2.27. The van der Waals surface area contributed by atoms with E-state index in [0.29, 0.717) is 0 Å². The molecule has 6 nitrogen and oxygen atoms in total. The Morgan fingerprint density at radius 2 is 2.29 bits per heavy atom. The van der Waals surface area contributed by atoms with Crippen LogP contribution in [0.5, 0.6) is 5.75 Å². The summed E-state index contributed by atoms with van der Waals surface area (Å²) in [5.74, 6) is 1.96. The van der Waals surface area contributed by atoms with Gasteiger partial charge in [-0.25, -0.2) is 4.98 Å². The van der Waals surface area contributed by atoms with Gasteiger partial charge >= 0.3 is 0 Å². The summed E-state index contributed by atoms with van der Waals surface area (Å²) in [4.78, 5) is 6.76. The van der Waals surface area contributed by atoms with Crippen molar-refractivity contribution in [2.24, 2.45) is 0 Å². The fraction of sp³-hybridized carbons (Fsp3) is 0.556. The third-order valence-electron chi connectivity index (χ3n) is 4.99. The Morgan fingerprint density at radius 3 is 3.04 bits per heavy atom. The summed E-state index contributed by atoms with van der Waals surface area (Å²) in [7, 11) is 1.78. The van der Waals surface area contributed by atoms with Gasteiger partial charge in [-0.05, 0) is 25.8 Å². The molecule has 0 bridgehead atoms. The molecule has 2 aliphatic heterocycles. The molecule has 0 amide bonds. The number of likely N-dealkylation sites (tertiary alicyclic amines) is 1. The van der Waals surface area contributed by atoms with Crippen molar-refractivity contribution < 1.29 is 9.47 Å². The monoisotopic (exact) mass is 328 g/mol. The first-order chi connectivity index (χ1) is 11.6. The van der Waals surface area contributed by atoms with E-state index < -0.39 is 0 Å². The summed E-state index contributed by atoms with van der Waals surface area (Å²) in [6.07, 6.45) is 3.67. The quantitative estimate of drug-likeness (QED) is 0.934. The minimum Gasteiger partial charge on any atom is -0.487 e. The van der Waals surface area contributed by atoms with Crippen molar-refractivity contribution in [2.75, 3.05) is 13.7 Å². The van der Waals surface area contributed by atoms with Gasteiger partial charge in [0.25, 0.3) is 0 Å². The van der Waals surface area contributed by atoms with Gasteiger partial charge in [-0.15, -0.1) is 0 Å². The van der Waals surface area contributed by atoms with Crippen LogP contribution in [-0.2, 0) is 17.7 Å². The number of nitrogens with zero attached hydrogens (tertiary/aromatic N) is 3. The molecule has 1 fully saturated rings. The minimum atomic E-state index is -0.122. The number of aromatic nitrogens is 3. The zero-order chi connectivity index (χ0) is 16.7. The number of benzene rings is 1. The van der Waals surface area contributed by atoms with Crippen molar-refractivity contribution >= 4 is 0 Å². The molecule has 6 heteroatoms. The molecule has 2 aliphatic rings. The topological polar surface area (TPSA) is 63.3 Å². The SMILES string of the molecule is CO[C@@H]1C[C@@H](c2ncn[nH]2)N(Cc2cccc3c2OC(C)(C)C3)C1. The molecule has 0 radical (unpaired) electrons. The van der Waals surface area contributed by atoms with Gasteiger partial charge < -0.3 is 9.47 Å². The molecule has 3 heterocycles. The third-order valence-corrected chi connectivity index (χ3v) is 4.99. The van der Waals surface area contributed by atoms with Crippen molar-refractivity contribution in [2.45, 2.75) is 51.0 Å². The van der Waals surface area contributed by atoms with Crippen molar-refractivity contribution in [1.29, 1.82) is 0 Å². The first-order valence-corrected chi connectivity index (χ1v) is 8.47. The third kappa shape index (κ3) is 2.80. The lowest BCUT2D eigenvalue weighted by atomic mass is 10.0. The standard InChI is InChI=1S/C18H24N4O2/c1-18(2)8-12-5-4-6-13(16(12)24-18)9-22-10-14(23-3)7-15(22)17-19-11-20-21-17/h4-6,11,14-15H,7-10H2,1-3H3,(H,19,20,21)/t14-,15+/m1/s1. The number of methoxy groups -OCH3 is 1. The van der Waals surface area contributed by atoms with E-state index in [1.54, 1.807) is 13.4 Å². The molecule has 1 aromatic carbocycles. The summed E-state index contributed by atoms with van der Waals surface area (Å²) < 4.78 is 11.8. The van der Waals surface area contributed by atoms with E-state index in [2.05, 4.69) is 52.1 Å². The number of para-hydroxylation sites is 1. The van der Waals surface area contributed by atoms with Gasteiger partial charge in [0, 0.05) is 32.2 Å². The summed E-state index contributed by atoms with van der Waals surface area (Å²) in [5, 5.41) is 7.02. The van der Waals surface area contributed by atoms with Gasteiger partial charge in [0.1, 0.15) is 23.5 Å². The second-order valence-electron chi connectivity index (χ2n) is 7.35. The number of rotatable bonds is 4. The number of hydrogen-bond acceptors (Lipinski definition) is 5. The van der Waals surface area contributed by atoms with E-state index in [-0.39, 0.29) is 17.7 Å². The van der Waals surface area contributed by atoms with Crippen LogP contribution in [0.15, 0.2) is 24.5 Å². The fourth-order valence-corrected chi connectivity index (χ4v) is 3.89. The first kappa shape index (κ1) is 15.6. The van der Waals surface area contributed by atoms with Gasteiger partial charge in [0.05, 0.1) is 12.1 Å². The van der Waals surface area contributed by atoms with Crippen molar-refractivity contribution in [1.82, 2.24) is 20.1 Å². The van der Waals surface area contributed by atoms with E-state index in [0.717, 1.165) is 37.5 Å². The van der Waals surface area contributed by atoms with E-state index in [1.165, 1.54) is 11.1 Å². The predicted octanol–water partition coefficient (Wildman–Crippen LogP) is 2.48. The highest BCUT2D eigenvalue weighted by atomic mass is 16.5. The van der Waals surface area contributed by atoms with Gasteiger partial charge in [0.15, 0.2) is 0 Å². The highest BCUT2D eigenvalue weighted by Gasteiger charge is 2.37. The molecule has 0 aliphatic carbocycles. The van der Waals surface area contributed by atoms with Crippen LogP contribution in [0.25, 0.3) is 0 Å². The fourth-order valence-electron chi connectivity index (χ4n) is 3.89. The van der Waals surface area contributed by atoms with Crippen molar-refractivity contribution in [3.63, 3.8) is 0 Å². The van der Waals surface area contributed by atoms with Crippen LogP contribution in [-0.4, -0.2) is 45.4 Å². The molecule has 1 saturated heterocycles. The maximum atomic E-state index is 6.22. The predicted molar refractivity (Wildman–Crippen MR) is 89.8 cm³/mol. The maximum Gasteiger partial charge on any atom is 0.141 e. The lowest BCUT2D eigenvalue weighted by molar-refractivity contribution is 0.106. The van der Waals surface area contributed by atoms with Crippen LogP contribution in [0, 0.1) is 0 Å². The van der Waals surface area contributed by atoms with Crippen LogP contribution in [0.1, 0.15) is 43.3 Å². The summed E-state index contributed by atoms with van der Waals surface area (Å²) in [6.45, 7) is 6.00. The number of ether oxygens (including phenoxy) is 2. The van der Waals surface area contributed by atoms with Gasteiger partial charge in [-0.2, -0.15) is 5.10 Å². The van der Waals surface area contributed by atoms with Crippen LogP contribution >= 0.6 is 0 Å². The number of nitrogens with one attached hydrogen (secondary N) is 1. The molecule has 24 heavy (non-hydrogen) atoms. The highest BCUT2D eigenvalue weighted by molar-refractivity contribution is 5.45. The largest absolute Gasteiger partial charge is 0.487 e. The average Bonchev–Trinajstić information content (AvgIpc) is 3.24. The van der Waals surface area contributed by atoms with Gasteiger partial charge in [-0.3, -0.25) is 10.00 Å². The van der Waals surface area contributed by atoms with E-state index in [9.17, 15) is 0 Å². The van der Waals surface area contributed by atoms with Crippen molar-refractivity contribution in [3.8, 4) is 5.75 Å². The molecule has 1 aromatic heterocycles. The van der Waals surface area contributed by atoms with Crippen LogP contribution in [0.4, 0.5) is 0 Å². The normalized spacial score (nSPS) is 25.6. The Bertz CT molecular complexity index is 714. The first-order valence-electron chi connectivity index (χ1n) is 8.47. The van der Waals surface area contributed by atoms with Crippen molar-refractivity contribution in [3.05, 3.63) is 41.5 Å². The van der Waals surface area contributed by atoms with E-state index >= 15 is 0 Å². The van der Waals surface area contributed by atoms with Crippen LogP contribution in [0.3, 0.4) is 0 Å². The number of hydrogen-bond donors (Lipinski definition) is 1. The Labute approximate surface area is 142 Å². The second kappa shape index (κ2) is 5.86.